The molecule has 2 aliphatic heterocycles. The second kappa shape index (κ2) is 9.80. The molecular weight excluding hydrogens is 474 g/mol. The van der Waals surface area contributed by atoms with Crippen molar-refractivity contribution in [3.63, 3.8) is 0 Å². The van der Waals surface area contributed by atoms with Crippen LogP contribution in [0.5, 0.6) is 0 Å². The van der Waals surface area contributed by atoms with Gasteiger partial charge in [-0.3, -0.25) is 4.90 Å². The van der Waals surface area contributed by atoms with Crippen LogP contribution in [-0.2, 0) is 20.9 Å². The number of rotatable bonds is 5. The molecule has 0 radical (unpaired) electrons. The van der Waals surface area contributed by atoms with Crippen molar-refractivity contribution in [3.05, 3.63) is 59.4 Å². The van der Waals surface area contributed by atoms with E-state index in [1.54, 1.807) is 13.0 Å². The molecule has 0 aromatic heterocycles. The molecule has 0 aliphatic carbocycles. The molecule has 186 valence electrons. The standard InChI is InChI=1S/C23H27F4N3O3S/c1-17-5-6-21(14-22(17)24)34(31,32)30-11-12-33-20(16-30)15-28-7-9-29(10-8-28)19-4-2-3-18(13-19)23(25,26)27/h2-6,13-14,20H,7-12,15-16H2,1H3. The van der Waals surface area contributed by atoms with Crippen LogP contribution in [0.4, 0.5) is 23.2 Å². The molecule has 2 aromatic rings. The van der Waals surface area contributed by atoms with Gasteiger partial charge in [-0.05, 0) is 42.8 Å². The van der Waals surface area contributed by atoms with Crippen LogP contribution in [0.2, 0.25) is 0 Å². The van der Waals surface area contributed by atoms with Crippen molar-refractivity contribution in [2.24, 2.45) is 0 Å². The smallest absolute Gasteiger partial charge is 0.374 e. The quantitative estimate of drug-likeness (QED) is 0.589. The van der Waals surface area contributed by atoms with Gasteiger partial charge in [0.25, 0.3) is 0 Å². The number of hydrogen-bond acceptors (Lipinski definition) is 5. The third kappa shape index (κ3) is 5.54. The van der Waals surface area contributed by atoms with E-state index < -0.39 is 27.6 Å². The van der Waals surface area contributed by atoms with E-state index in [0.29, 0.717) is 44.0 Å². The van der Waals surface area contributed by atoms with Crippen molar-refractivity contribution in [3.8, 4) is 0 Å². The molecule has 2 aromatic carbocycles. The Kier molecular flexibility index (Phi) is 7.18. The molecule has 2 fully saturated rings. The number of ether oxygens (including phenoxy) is 1. The predicted octanol–water partition coefficient (Wildman–Crippen LogP) is 3.36. The maximum atomic E-state index is 13.9. The second-order valence-corrected chi connectivity index (χ2v) is 10.5. The number of halogens is 4. The van der Waals surface area contributed by atoms with Crippen LogP contribution in [0.1, 0.15) is 11.1 Å². The normalized spacial score (nSPS) is 21.1. The molecule has 0 N–H and O–H groups in total. The summed E-state index contributed by atoms with van der Waals surface area (Å²) in [5.74, 6) is -0.565. The number of nitrogens with zero attached hydrogens (tertiary/aromatic N) is 3. The third-order valence-corrected chi connectivity index (χ3v) is 8.12. The number of hydrogen-bond donors (Lipinski definition) is 0. The zero-order valence-corrected chi connectivity index (χ0v) is 19.6. The lowest BCUT2D eigenvalue weighted by Gasteiger charge is -2.39. The molecule has 0 bridgehead atoms. The Bertz CT molecular complexity index is 1120. The first-order valence-electron chi connectivity index (χ1n) is 11.1. The first kappa shape index (κ1) is 24.9. The summed E-state index contributed by atoms with van der Waals surface area (Å²) in [5, 5.41) is 0. The van der Waals surface area contributed by atoms with Crippen LogP contribution >= 0.6 is 0 Å². The minimum atomic E-state index is -4.38. The first-order valence-corrected chi connectivity index (χ1v) is 12.5. The van der Waals surface area contributed by atoms with Gasteiger partial charge in [0.05, 0.1) is 23.2 Å². The highest BCUT2D eigenvalue weighted by molar-refractivity contribution is 7.89. The van der Waals surface area contributed by atoms with E-state index in [0.717, 1.165) is 18.2 Å². The summed E-state index contributed by atoms with van der Waals surface area (Å²) in [6.07, 6.45) is -4.73. The van der Waals surface area contributed by atoms with E-state index in [-0.39, 0.29) is 30.7 Å². The number of alkyl halides is 3. The van der Waals surface area contributed by atoms with Crippen molar-refractivity contribution >= 4 is 15.7 Å². The van der Waals surface area contributed by atoms with E-state index >= 15 is 0 Å². The number of piperazine rings is 1. The molecule has 1 atom stereocenters. The average Bonchev–Trinajstić information content (AvgIpc) is 2.81. The molecule has 34 heavy (non-hydrogen) atoms. The van der Waals surface area contributed by atoms with E-state index in [1.165, 1.54) is 22.5 Å². The molecule has 2 saturated heterocycles. The van der Waals surface area contributed by atoms with Crippen molar-refractivity contribution in [2.75, 3.05) is 57.3 Å². The number of morpholine rings is 1. The molecule has 0 spiro atoms. The van der Waals surface area contributed by atoms with Crippen LogP contribution in [0.25, 0.3) is 0 Å². The van der Waals surface area contributed by atoms with Gasteiger partial charge in [0.1, 0.15) is 5.82 Å². The highest BCUT2D eigenvalue weighted by atomic mass is 32.2. The van der Waals surface area contributed by atoms with Gasteiger partial charge in [0.15, 0.2) is 0 Å². The van der Waals surface area contributed by atoms with E-state index in [2.05, 4.69) is 4.90 Å². The van der Waals surface area contributed by atoms with Gasteiger partial charge >= 0.3 is 6.18 Å². The van der Waals surface area contributed by atoms with Gasteiger partial charge in [-0.1, -0.05) is 12.1 Å². The van der Waals surface area contributed by atoms with Crippen molar-refractivity contribution in [2.45, 2.75) is 24.1 Å². The van der Waals surface area contributed by atoms with Crippen molar-refractivity contribution < 1.29 is 30.7 Å². The monoisotopic (exact) mass is 501 g/mol. The molecule has 0 saturated carbocycles. The maximum Gasteiger partial charge on any atom is 0.416 e. The Labute approximate surface area is 196 Å². The minimum Gasteiger partial charge on any atom is -0.374 e. The fourth-order valence-corrected chi connectivity index (χ4v) is 5.73. The van der Waals surface area contributed by atoms with E-state index in [1.807, 2.05) is 4.90 Å². The van der Waals surface area contributed by atoms with Crippen molar-refractivity contribution in [1.82, 2.24) is 9.21 Å². The number of aryl methyl sites for hydroxylation is 1. The summed E-state index contributed by atoms with van der Waals surface area (Å²) in [7, 11) is -3.84. The summed E-state index contributed by atoms with van der Waals surface area (Å²) in [6, 6.07) is 9.21. The molecule has 1 unspecified atom stereocenters. The summed E-state index contributed by atoms with van der Waals surface area (Å²) in [5.41, 5.74) is 0.242. The highest BCUT2D eigenvalue weighted by Crippen LogP contribution is 2.32. The lowest BCUT2D eigenvalue weighted by atomic mass is 10.1. The Morgan fingerprint density at radius 1 is 1.03 bits per heavy atom. The van der Waals surface area contributed by atoms with Crippen LogP contribution in [0.15, 0.2) is 47.4 Å². The van der Waals surface area contributed by atoms with Gasteiger partial charge < -0.3 is 9.64 Å². The summed E-state index contributed by atoms with van der Waals surface area (Å²) in [6.45, 7) is 5.01. The molecule has 6 nitrogen and oxygen atoms in total. The minimum absolute atomic E-state index is 0.0778. The van der Waals surface area contributed by atoms with Crippen LogP contribution in [0.3, 0.4) is 0 Å². The molecule has 4 rings (SSSR count). The highest BCUT2D eigenvalue weighted by Gasteiger charge is 2.33. The zero-order valence-electron chi connectivity index (χ0n) is 18.8. The Morgan fingerprint density at radius 2 is 1.76 bits per heavy atom. The first-order chi connectivity index (χ1) is 16.0. The number of anilines is 1. The molecule has 2 heterocycles. The largest absolute Gasteiger partial charge is 0.416 e. The third-order valence-electron chi connectivity index (χ3n) is 6.26. The number of benzene rings is 2. The lowest BCUT2D eigenvalue weighted by molar-refractivity contribution is -0.137. The average molecular weight is 502 g/mol. The van der Waals surface area contributed by atoms with Gasteiger partial charge in [-0.15, -0.1) is 0 Å². The van der Waals surface area contributed by atoms with Crippen LogP contribution in [0, 0.1) is 12.7 Å². The fraction of sp³-hybridized carbons (Fsp3) is 0.478. The predicted molar refractivity (Wildman–Crippen MR) is 120 cm³/mol. The van der Waals surface area contributed by atoms with Gasteiger partial charge in [0.2, 0.25) is 10.0 Å². The summed E-state index contributed by atoms with van der Waals surface area (Å²) >= 11 is 0. The lowest BCUT2D eigenvalue weighted by Crippen LogP contribution is -2.53. The molecule has 2 aliphatic rings. The van der Waals surface area contributed by atoms with Crippen LogP contribution < -0.4 is 4.90 Å². The van der Waals surface area contributed by atoms with Gasteiger partial charge in [-0.2, -0.15) is 17.5 Å². The Hall–Kier alpha value is -2.21. The van der Waals surface area contributed by atoms with Crippen LogP contribution in [-0.4, -0.2) is 76.1 Å². The zero-order chi connectivity index (χ0) is 24.5. The van der Waals surface area contributed by atoms with E-state index in [9.17, 15) is 26.0 Å². The van der Waals surface area contributed by atoms with E-state index in [4.69, 9.17) is 4.74 Å². The topological polar surface area (TPSA) is 53.1 Å². The molecular formula is C23H27F4N3O3S. The summed E-state index contributed by atoms with van der Waals surface area (Å²) in [4.78, 5) is 3.96. The summed E-state index contributed by atoms with van der Waals surface area (Å²) < 4.78 is 86.1. The van der Waals surface area contributed by atoms with Crippen molar-refractivity contribution in [1.29, 1.82) is 0 Å². The fourth-order valence-electron chi connectivity index (χ4n) is 4.26. The second-order valence-electron chi connectivity index (χ2n) is 8.60. The maximum absolute atomic E-state index is 13.9. The Balaban J connectivity index is 1.34. The van der Waals surface area contributed by atoms with Gasteiger partial charge in [-0.25, -0.2) is 12.8 Å². The Morgan fingerprint density at radius 3 is 2.44 bits per heavy atom. The molecule has 0 amide bonds. The number of sulfonamides is 1. The SMILES string of the molecule is Cc1ccc(S(=O)(=O)N2CCOC(CN3CCN(c4cccc(C(F)(F)F)c4)CC3)C2)cc1F. The van der Waals surface area contributed by atoms with Gasteiger partial charge in [0, 0.05) is 51.5 Å². The molecule has 11 heteroatoms.